The van der Waals surface area contributed by atoms with Crippen LogP contribution >= 0.6 is 0 Å². The summed E-state index contributed by atoms with van der Waals surface area (Å²) in [7, 11) is -2.11. The lowest BCUT2D eigenvalue weighted by Crippen LogP contribution is -2.14. The first-order valence-electron chi connectivity index (χ1n) is 9.01. The number of aromatic nitrogens is 1. The summed E-state index contributed by atoms with van der Waals surface area (Å²) in [6.45, 7) is 3.74. The van der Waals surface area contributed by atoms with Crippen molar-refractivity contribution in [1.82, 2.24) is 4.98 Å². The Hall–Kier alpha value is -3.32. The number of aryl methyl sites for hydroxylation is 1. The van der Waals surface area contributed by atoms with Gasteiger partial charge in [-0.15, -0.1) is 0 Å². The van der Waals surface area contributed by atoms with E-state index in [0.29, 0.717) is 34.0 Å². The molecule has 3 aromatic carbocycles. The van der Waals surface area contributed by atoms with Crippen LogP contribution in [0.4, 0.5) is 5.69 Å². The molecule has 0 bridgehead atoms. The lowest BCUT2D eigenvalue weighted by Gasteiger charge is -2.12. The molecule has 1 aromatic heterocycles. The Bertz CT molecular complexity index is 1290. The zero-order chi connectivity index (χ0) is 20.6. The van der Waals surface area contributed by atoms with Crippen molar-refractivity contribution >= 4 is 26.8 Å². The molecule has 0 atom stereocenters. The molecule has 4 rings (SSSR count). The molecule has 29 heavy (non-hydrogen) atoms. The summed E-state index contributed by atoms with van der Waals surface area (Å²) in [4.78, 5) is 4.74. The minimum atomic E-state index is -3.70. The number of anilines is 1. The lowest BCUT2D eigenvalue weighted by molar-refractivity contribution is 0.415. The average Bonchev–Trinajstić information content (AvgIpc) is 3.12. The summed E-state index contributed by atoms with van der Waals surface area (Å²) in [6, 6.07) is 17.4. The Morgan fingerprint density at radius 1 is 1.00 bits per heavy atom. The van der Waals surface area contributed by atoms with E-state index in [-0.39, 0.29) is 4.90 Å². The summed E-state index contributed by atoms with van der Waals surface area (Å²) < 4.78 is 39.3. The summed E-state index contributed by atoms with van der Waals surface area (Å²) >= 11 is 0. The normalized spacial score (nSPS) is 11.6. The molecule has 0 fully saturated rings. The zero-order valence-corrected chi connectivity index (χ0v) is 17.1. The third kappa shape index (κ3) is 3.69. The van der Waals surface area contributed by atoms with Gasteiger partial charge in [0.1, 0.15) is 11.3 Å². The van der Waals surface area contributed by atoms with Crippen molar-refractivity contribution in [3.05, 3.63) is 71.8 Å². The lowest BCUT2D eigenvalue weighted by atomic mass is 10.1. The third-order valence-electron chi connectivity index (χ3n) is 4.73. The number of sulfonamides is 1. The van der Waals surface area contributed by atoms with Crippen LogP contribution in [-0.2, 0) is 10.0 Å². The summed E-state index contributed by atoms with van der Waals surface area (Å²) in [6.07, 6.45) is 0. The van der Waals surface area contributed by atoms with E-state index < -0.39 is 10.0 Å². The molecule has 4 aromatic rings. The van der Waals surface area contributed by atoms with Crippen molar-refractivity contribution in [2.24, 2.45) is 0 Å². The van der Waals surface area contributed by atoms with Gasteiger partial charge in [-0.25, -0.2) is 13.4 Å². The molecule has 0 aliphatic rings. The number of hydrogen-bond donors (Lipinski definition) is 1. The van der Waals surface area contributed by atoms with Crippen LogP contribution in [0.2, 0.25) is 0 Å². The fourth-order valence-electron chi connectivity index (χ4n) is 3.05. The maximum absolute atomic E-state index is 12.8. The van der Waals surface area contributed by atoms with Gasteiger partial charge in [-0.1, -0.05) is 23.8 Å². The molecule has 148 valence electrons. The molecule has 7 heteroatoms. The molecule has 0 saturated carbocycles. The van der Waals surface area contributed by atoms with E-state index in [2.05, 4.69) is 9.71 Å². The van der Waals surface area contributed by atoms with E-state index in [1.165, 1.54) is 0 Å². The first-order chi connectivity index (χ1) is 13.9. The Balaban J connectivity index is 1.71. The second kappa shape index (κ2) is 7.25. The molecule has 1 heterocycles. The molecule has 0 saturated heterocycles. The van der Waals surface area contributed by atoms with E-state index >= 15 is 0 Å². The van der Waals surface area contributed by atoms with Gasteiger partial charge in [0.2, 0.25) is 5.89 Å². The van der Waals surface area contributed by atoms with E-state index in [1.807, 2.05) is 19.9 Å². The second-order valence-electron chi connectivity index (χ2n) is 6.75. The van der Waals surface area contributed by atoms with Gasteiger partial charge in [-0.3, -0.25) is 4.72 Å². The number of ether oxygens (including phenoxy) is 1. The molecule has 6 nitrogen and oxygen atoms in total. The maximum atomic E-state index is 12.8. The van der Waals surface area contributed by atoms with Crippen LogP contribution in [-0.4, -0.2) is 20.5 Å². The van der Waals surface area contributed by atoms with Gasteiger partial charge >= 0.3 is 0 Å². The van der Waals surface area contributed by atoms with Gasteiger partial charge in [-0.2, -0.15) is 0 Å². The van der Waals surface area contributed by atoms with E-state index in [1.54, 1.807) is 61.7 Å². The van der Waals surface area contributed by atoms with Gasteiger partial charge in [0.15, 0.2) is 5.58 Å². The van der Waals surface area contributed by atoms with Crippen molar-refractivity contribution in [3.63, 3.8) is 0 Å². The molecular formula is C22H20N2O4S. The van der Waals surface area contributed by atoms with Crippen LogP contribution in [0.15, 0.2) is 70.0 Å². The minimum Gasteiger partial charge on any atom is -0.497 e. The Kier molecular flexibility index (Phi) is 4.76. The predicted molar refractivity (Wildman–Crippen MR) is 113 cm³/mol. The highest BCUT2D eigenvalue weighted by molar-refractivity contribution is 7.92. The number of hydrogen-bond acceptors (Lipinski definition) is 5. The predicted octanol–water partition coefficient (Wildman–Crippen LogP) is 4.92. The molecule has 0 aliphatic carbocycles. The Morgan fingerprint density at radius 2 is 1.76 bits per heavy atom. The second-order valence-corrected chi connectivity index (χ2v) is 8.43. The van der Waals surface area contributed by atoms with Crippen molar-refractivity contribution in [2.75, 3.05) is 11.8 Å². The van der Waals surface area contributed by atoms with Gasteiger partial charge < -0.3 is 9.15 Å². The van der Waals surface area contributed by atoms with Crippen molar-refractivity contribution in [3.8, 4) is 17.2 Å². The van der Waals surface area contributed by atoms with Crippen LogP contribution in [0, 0.1) is 13.8 Å². The summed E-state index contributed by atoms with van der Waals surface area (Å²) in [5, 5.41) is 0. The third-order valence-corrected chi connectivity index (χ3v) is 6.12. The van der Waals surface area contributed by atoms with Gasteiger partial charge in [0.05, 0.1) is 17.7 Å². The Morgan fingerprint density at radius 3 is 2.48 bits per heavy atom. The first kappa shape index (κ1) is 19.0. The molecule has 0 spiro atoms. The molecule has 0 unspecified atom stereocenters. The smallest absolute Gasteiger partial charge is 0.261 e. The highest BCUT2D eigenvalue weighted by Crippen LogP contribution is 2.32. The number of fused-ring (bicyclic) bond motifs is 1. The van der Waals surface area contributed by atoms with Crippen LogP contribution in [0.5, 0.6) is 5.75 Å². The molecule has 0 amide bonds. The van der Waals surface area contributed by atoms with Crippen LogP contribution in [0.1, 0.15) is 11.1 Å². The molecule has 0 radical (unpaired) electrons. The van der Waals surface area contributed by atoms with Crippen molar-refractivity contribution in [2.45, 2.75) is 18.7 Å². The number of oxazole rings is 1. The SMILES string of the molecule is COc1ccc2oc(-c3cccc(NS(=O)(=O)c4ccc(C)cc4)c3C)nc2c1. The van der Waals surface area contributed by atoms with Crippen LogP contribution in [0.25, 0.3) is 22.6 Å². The first-order valence-corrected chi connectivity index (χ1v) is 10.5. The van der Waals surface area contributed by atoms with Crippen LogP contribution in [0.3, 0.4) is 0 Å². The van der Waals surface area contributed by atoms with Crippen LogP contribution < -0.4 is 9.46 Å². The monoisotopic (exact) mass is 408 g/mol. The number of nitrogens with zero attached hydrogens (tertiary/aromatic N) is 1. The van der Waals surface area contributed by atoms with E-state index in [0.717, 1.165) is 11.1 Å². The highest BCUT2D eigenvalue weighted by Gasteiger charge is 2.18. The summed E-state index contributed by atoms with van der Waals surface area (Å²) in [5.41, 5.74) is 4.21. The summed E-state index contributed by atoms with van der Waals surface area (Å²) in [5.74, 6) is 1.11. The number of benzene rings is 3. The minimum absolute atomic E-state index is 0.210. The molecule has 0 aliphatic heterocycles. The van der Waals surface area contributed by atoms with Gasteiger partial charge in [-0.05, 0) is 55.8 Å². The van der Waals surface area contributed by atoms with Gasteiger partial charge in [0.25, 0.3) is 10.0 Å². The number of methoxy groups -OCH3 is 1. The fraction of sp³-hybridized carbons (Fsp3) is 0.136. The Labute approximate surface area is 169 Å². The molecule has 1 N–H and O–H groups in total. The maximum Gasteiger partial charge on any atom is 0.261 e. The standard InChI is InChI=1S/C22H20N2O4S/c1-14-7-10-17(11-8-14)29(25,26)24-19-6-4-5-18(15(19)2)22-23-20-13-16(27-3)9-12-21(20)28-22/h4-13,24H,1-3H3. The number of rotatable bonds is 5. The quantitative estimate of drug-likeness (QED) is 0.507. The van der Waals surface area contributed by atoms with Gasteiger partial charge in [0, 0.05) is 11.6 Å². The van der Waals surface area contributed by atoms with Crippen molar-refractivity contribution < 1.29 is 17.6 Å². The topological polar surface area (TPSA) is 81.4 Å². The largest absolute Gasteiger partial charge is 0.497 e. The average molecular weight is 408 g/mol. The van der Waals surface area contributed by atoms with Crippen molar-refractivity contribution in [1.29, 1.82) is 0 Å². The zero-order valence-electron chi connectivity index (χ0n) is 16.3. The molecular weight excluding hydrogens is 388 g/mol. The van der Waals surface area contributed by atoms with E-state index in [4.69, 9.17) is 9.15 Å². The number of nitrogens with one attached hydrogen (secondary N) is 1. The fourth-order valence-corrected chi connectivity index (χ4v) is 4.17. The van der Waals surface area contributed by atoms with E-state index in [9.17, 15) is 8.42 Å². The highest BCUT2D eigenvalue weighted by atomic mass is 32.2.